The molecule has 0 saturated carbocycles. The van der Waals surface area contributed by atoms with Crippen LogP contribution in [0.2, 0.25) is 0 Å². The smallest absolute Gasteiger partial charge is 0.459 e. The third-order valence-corrected chi connectivity index (χ3v) is 9.39. The summed E-state index contributed by atoms with van der Waals surface area (Å²) in [6, 6.07) is 20.4. The Morgan fingerprint density at radius 3 is 2.66 bits per heavy atom. The van der Waals surface area contributed by atoms with Crippen molar-refractivity contribution in [3.8, 4) is 5.75 Å². The van der Waals surface area contributed by atoms with Crippen LogP contribution in [0.3, 0.4) is 0 Å². The number of aromatic amines is 1. The molecule has 1 aliphatic heterocycles. The Labute approximate surface area is 267 Å². The van der Waals surface area contributed by atoms with Gasteiger partial charge in [-0.2, -0.15) is 10.1 Å². The van der Waals surface area contributed by atoms with Gasteiger partial charge in [0.05, 0.1) is 12.9 Å². The van der Waals surface area contributed by atoms with Crippen LogP contribution in [0.25, 0.3) is 21.9 Å². The zero-order valence-electron chi connectivity index (χ0n) is 25.3. The van der Waals surface area contributed by atoms with E-state index in [0.717, 1.165) is 16.3 Å². The van der Waals surface area contributed by atoms with Gasteiger partial charge in [-0.25, -0.2) is 9.55 Å². The lowest BCUT2D eigenvalue weighted by Gasteiger charge is -2.27. The second-order valence-corrected chi connectivity index (χ2v) is 13.0. The number of nitrogens with zero attached hydrogens (tertiary/aromatic N) is 3. The van der Waals surface area contributed by atoms with Crippen molar-refractivity contribution < 1.29 is 38.1 Å². The Balaban J connectivity index is 1.22. The Hall–Kier alpha value is -4.63. The van der Waals surface area contributed by atoms with E-state index in [1.165, 1.54) is 24.7 Å². The van der Waals surface area contributed by atoms with E-state index in [4.69, 9.17) is 24.3 Å². The quantitative estimate of drug-likeness (QED) is 0.102. The lowest BCUT2D eigenvalue weighted by Crippen LogP contribution is -2.44. The van der Waals surface area contributed by atoms with Crippen molar-refractivity contribution in [1.82, 2.24) is 24.6 Å². The number of esters is 1. The molecule has 3 aromatic carbocycles. The number of ether oxygens (including phenoxy) is 2. The summed E-state index contributed by atoms with van der Waals surface area (Å²) in [6.07, 6.45) is -2.92. The maximum absolute atomic E-state index is 14.3. The number of carbonyl (C=O) groups excluding carboxylic acids is 1. The van der Waals surface area contributed by atoms with Crippen molar-refractivity contribution in [2.24, 2.45) is 0 Å². The monoisotopic (exact) mass is 664 g/mol. The summed E-state index contributed by atoms with van der Waals surface area (Å²) in [5.41, 5.74) is 3.88. The fourth-order valence-electron chi connectivity index (χ4n) is 5.26. The molecule has 16 heteroatoms. The number of imidazole rings is 1. The van der Waals surface area contributed by atoms with Gasteiger partial charge >= 0.3 is 13.7 Å². The third kappa shape index (κ3) is 6.76. The van der Waals surface area contributed by atoms with E-state index in [2.05, 4.69) is 20.0 Å². The molecule has 0 bridgehead atoms. The van der Waals surface area contributed by atoms with Gasteiger partial charge in [0.15, 0.2) is 17.4 Å². The van der Waals surface area contributed by atoms with Crippen molar-refractivity contribution >= 4 is 41.6 Å². The van der Waals surface area contributed by atoms with Crippen molar-refractivity contribution in [3.63, 3.8) is 0 Å². The number of aliphatic hydroxyl groups is 2. The fourth-order valence-corrected chi connectivity index (χ4v) is 6.75. The van der Waals surface area contributed by atoms with Crippen LogP contribution in [0.1, 0.15) is 25.6 Å². The van der Waals surface area contributed by atoms with Crippen LogP contribution in [0.15, 0.2) is 83.9 Å². The largest absolute Gasteiger partial charge is 0.460 e. The SMILES string of the molecule is C[C@H](NP(=O)(OC[C@H]1O[C@@H](n2cnc3c(=O)[nH]c(N)nc32)[C@](C)(O)[C@@H]1O)Oc1ccc2ccccc2c1)C(=O)OCc1ccccc1. The van der Waals surface area contributed by atoms with Crippen LogP contribution < -0.4 is 20.9 Å². The molecule has 0 radical (unpaired) electrons. The van der Waals surface area contributed by atoms with Gasteiger partial charge in [-0.15, -0.1) is 0 Å². The second kappa shape index (κ2) is 12.9. The molecule has 1 saturated heterocycles. The van der Waals surface area contributed by atoms with Crippen LogP contribution in [-0.2, 0) is 30.0 Å². The molecule has 6 N–H and O–H groups in total. The number of nitrogens with one attached hydrogen (secondary N) is 2. The maximum Gasteiger partial charge on any atom is 0.459 e. The fraction of sp³-hybridized carbons (Fsp3) is 0.290. The van der Waals surface area contributed by atoms with E-state index >= 15 is 0 Å². The maximum atomic E-state index is 14.3. The molecule has 2 aromatic heterocycles. The summed E-state index contributed by atoms with van der Waals surface area (Å²) < 4.78 is 38.5. The highest BCUT2D eigenvalue weighted by atomic mass is 31.2. The molecule has 15 nitrogen and oxygen atoms in total. The first kappa shape index (κ1) is 32.3. The van der Waals surface area contributed by atoms with Crippen molar-refractivity contribution in [1.29, 1.82) is 0 Å². The molecule has 0 amide bonds. The van der Waals surface area contributed by atoms with Crippen LogP contribution in [0.5, 0.6) is 5.75 Å². The molecular weight excluding hydrogens is 631 g/mol. The Kier molecular flexibility index (Phi) is 8.85. The molecule has 0 aliphatic carbocycles. The van der Waals surface area contributed by atoms with E-state index in [-0.39, 0.29) is 29.5 Å². The summed E-state index contributed by atoms with van der Waals surface area (Å²) in [7, 11) is -4.39. The summed E-state index contributed by atoms with van der Waals surface area (Å²) in [5, 5.41) is 26.7. The first-order chi connectivity index (χ1) is 22.4. The van der Waals surface area contributed by atoms with Crippen LogP contribution in [0.4, 0.5) is 5.95 Å². The predicted molar refractivity (Wildman–Crippen MR) is 170 cm³/mol. The van der Waals surface area contributed by atoms with Gasteiger partial charge in [0, 0.05) is 0 Å². The average Bonchev–Trinajstić information content (AvgIpc) is 3.56. The van der Waals surface area contributed by atoms with Gasteiger partial charge in [-0.3, -0.25) is 23.7 Å². The molecular formula is C31H33N6O9P. The molecule has 3 heterocycles. The Bertz CT molecular complexity index is 2020. The molecule has 6 atom stereocenters. The number of nitrogen functional groups attached to an aromatic ring is 1. The zero-order chi connectivity index (χ0) is 33.3. The Morgan fingerprint density at radius 1 is 1.17 bits per heavy atom. The van der Waals surface area contributed by atoms with E-state index in [1.807, 2.05) is 42.5 Å². The third-order valence-electron chi connectivity index (χ3n) is 7.74. The number of aromatic nitrogens is 4. The number of benzene rings is 3. The molecule has 1 unspecified atom stereocenters. The first-order valence-corrected chi connectivity index (χ1v) is 16.2. The van der Waals surface area contributed by atoms with Gasteiger partial charge in [-0.1, -0.05) is 60.7 Å². The summed E-state index contributed by atoms with van der Waals surface area (Å²) in [6.45, 7) is 2.20. The summed E-state index contributed by atoms with van der Waals surface area (Å²) in [4.78, 5) is 35.6. The minimum absolute atomic E-state index is 0.00370. The van der Waals surface area contributed by atoms with E-state index in [9.17, 15) is 24.4 Å². The standard InChI is InChI=1S/C31H33N6O9P/c1-18(28(40)43-15-19-8-4-3-5-9-19)36-47(42,46-22-13-12-20-10-6-7-11-21(20)14-22)44-16-23-25(38)31(2,41)29(45-23)37-17-33-24-26(37)34-30(32)35-27(24)39/h3-14,17-18,23,25,29,38,41H,15-16H2,1-2H3,(H,36,42)(H3,32,34,35,39)/t18-,23+,25+,29+,31+,47?/m0/s1. The average molecular weight is 665 g/mol. The number of nitrogens with two attached hydrogens (primary N) is 1. The highest BCUT2D eigenvalue weighted by molar-refractivity contribution is 7.52. The predicted octanol–water partition coefficient (Wildman–Crippen LogP) is 2.79. The normalized spacial score (nSPS) is 23.0. The molecule has 6 rings (SSSR count). The number of fused-ring (bicyclic) bond motifs is 2. The van der Waals surface area contributed by atoms with E-state index < -0.39 is 56.0 Å². The molecule has 5 aromatic rings. The number of rotatable bonds is 11. The Morgan fingerprint density at radius 2 is 1.89 bits per heavy atom. The summed E-state index contributed by atoms with van der Waals surface area (Å²) >= 11 is 0. The van der Waals surface area contributed by atoms with E-state index in [0.29, 0.717) is 0 Å². The van der Waals surface area contributed by atoms with Crippen LogP contribution in [0, 0.1) is 0 Å². The minimum Gasteiger partial charge on any atom is -0.460 e. The lowest BCUT2D eigenvalue weighted by atomic mass is 9.96. The minimum atomic E-state index is -4.39. The first-order valence-electron chi connectivity index (χ1n) is 14.6. The number of aliphatic hydroxyl groups excluding tert-OH is 1. The number of hydrogen-bond donors (Lipinski definition) is 5. The van der Waals surface area contributed by atoms with Crippen LogP contribution in [-0.4, -0.2) is 66.2 Å². The summed E-state index contributed by atoms with van der Waals surface area (Å²) in [5.74, 6) is -0.716. The second-order valence-electron chi connectivity index (χ2n) is 11.3. The van der Waals surface area contributed by atoms with E-state index in [1.54, 1.807) is 30.3 Å². The van der Waals surface area contributed by atoms with Gasteiger partial charge in [-0.05, 0) is 42.3 Å². The number of hydrogen-bond acceptors (Lipinski definition) is 12. The molecule has 1 fully saturated rings. The highest BCUT2D eigenvalue weighted by Crippen LogP contribution is 2.47. The molecule has 0 spiro atoms. The molecule has 47 heavy (non-hydrogen) atoms. The number of H-pyrrole nitrogens is 1. The van der Waals surface area contributed by atoms with Crippen molar-refractivity contribution in [3.05, 3.63) is 95.0 Å². The zero-order valence-corrected chi connectivity index (χ0v) is 26.2. The van der Waals surface area contributed by atoms with Crippen molar-refractivity contribution in [2.75, 3.05) is 12.3 Å². The highest BCUT2D eigenvalue weighted by Gasteiger charge is 2.54. The van der Waals surface area contributed by atoms with Gasteiger partial charge in [0.2, 0.25) is 5.95 Å². The molecule has 1 aliphatic rings. The number of carbonyl (C=O) groups is 1. The topological polar surface area (TPSA) is 213 Å². The lowest BCUT2D eigenvalue weighted by molar-refractivity contribution is -0.146. The van der Waals surface area contributed by atoms with Gasteiger partial charge in [0.1, 0.15) is 36.2 Å². The number of anilines is 1. The van der Waals surface area contributed by atoms with Gasteiger partial charge < -0.3 is 29.9 Å². The van der Waals surface area contributed by atoms with Crippen LogP contribution >= 0.6 is 7.75 Å². The van der Waals surface area contributed by atoms with Gasteiger partial charge in [0.25, 0.3) is 5.56 Å². The molecule has 246 valence electrons. The van der Waals surface area contributed by atoms with Crippen molar-refractivity contribution in [2.45, 2.75) is 50.5 Å².